The number of aryl methyl sites for hydroxylation is 2. The van der Waals surface area contributed by atoms with Gasteiger partial charge in [0.15, 0.2) is 5.78 Å². The first kappa shape index (κ1) is 50.0. The number of aromatic nitrogens is 2. The van der Waals surface area contributed by atoms with E-state index in [9.17, 15) is 28.1 Å². The summed E-state index contributed by atoms with van der Waals surface area (Å²) >= 11 is 0. The van der Waals surface area contributed by atoms with Gasteiger partial charge in [0.2, 0.25) is 5.60 Å². The molecule has 4 aliphatic rings. The number of halogens is 1. The van der Waals surface area contributed by atoms with Crippen LogP contribution in [-0.2, 0) is 64.3 Å². The van der Waals surface area contributed by atoms with Crippen molar-refractivity contribution >= 4 is 42.2 Å². The van der Waals surface area contributed by atoms with Gasteiger partial charge in [-0.05, 0) is 144 Å². The lowest BCUT2D eigenvalue weighted by Gasteiger charge is -2.39. The molecule has 4 aliphatic heterocycles. The minimum atomic E-state index is -3.72. The number of hydrogen-bond donors (Lipinski definition) is 1. The molecule has 0 saturated carbocycles. The highest BCUT2D eigenvalue weighted by Gasteiger charge is 2.50. The number of carbonyl (C=O) groups is 3. The van der Waals surface area contributed by atoms with Crippen LogP contribution in [0.3, 0.4) is 0 Å². The zero-order valence-corrected chi connectivity index (χ0v) is 41.9. The molecule has 1 amide bonds. The number of pyridine rings is 2. The summed E-state index contributed by atoms with van der Waals surface area (Å²) in [6, 6.07) is 20.8. The van der Waals surface area contributed by atoms with Gasteiger partial charge in [-0.2, -0.15) is 0 Å². The smallest absolute Gasteiger partial charge is 0.415 e. The Morgan fingerprint density at radius 2 is 1.62 bits per heavy atom. The molecule has 0 radical (unpaired) electrons. The summed E-state index contributed by atoms with van der Waals surface area (Å²) in [5, 5.41) is 4.09. The molecule has 2 saturated heterocycles. The molecule has 0 aliphatic carbocycles. The number of fused-ring (bicyclic) bond motifs is 5. The summed E-state index contributed by atoms with van der Waals surface area (Å²) in [5.74, 6) is -2.25. The molecule has 5 aromatic rings. The summed E-state index contributed by atoms with van der Waals surface area (Å²) in [6.45, 7) is 11.1. The predicted molar refractivity (Wildman–Crippen MR) is 267 cm³/mol. The molecule has 6 heterocycles. The summed E-state index contributed by atoms with van der Waals surface area (Å²) in [7, 11) is -3.72. The lowest BCUT2D eigenvalue weighted by molar-refractivity contribution is -0.189. The van der Waals surface area contributed by atoms with Crippen LogP contribution in [0.1, 0.15) is 118 Å². The zero-order chi connectivity index (χ0) is 49.9. The number of cyclic esters (lactones) is 1. The number of anilines is 1. The lowest BCUT2D eigenvalue weighted by atomic mass is 9.85. The average molecular weight is 992 g/mol. The first-order chi connectivity index (χ1) is 34.4. The Labute approximate surface area is 413 Å². The number of rotatable bonds is 17. The van der Waals surface area contributed by atoms with Crippen LogP contribution in [-0.4, -0.2) is 82.8 Å². The second-order valence-corrected chi connectivity index (χ2v) is 20.8. The van der Waals surface area contributed by atoms with Gasteiger partial charge in [0.1, 0.15) is 18.2 Å². The molecule has 15 nitrogen and oxygen atoms in total. The number of carbonyl (C=O) groups excluding carboxylic acids is 3. The summed E-state index contributed by atoms with van der Waals surface area (Å²) in [6.07, 6.45) is 6.83. The molecule has 2 aromatic heterocycles. The third-order valence-electron chi connectivity index (χ3n) is 14.4. The largest absolute Gasteiger partial charge is 0.457 e. The highest BCUT2D eigenvalue weighted by Crippen LogP contribution is 2.61. The van der Waals surface area contributed by atoms with Gasteiger partial charge >= 0.3 is 25.6 Å². The molecule has 17 heteroatoms. The van der Waals surface area contributed by atoms with E-state index in [1.54, 1.807) is 54.5 Å². The zero-order valence-electron chi connectivity index (χ0n) is 41.0. The van der Waals surface area contributed by atoms with E-state index in [1.165, 1.54) is 31.4 Å². The summed E-state index contributed by atoms with van der Waals surface area (Å²) < 4.78 is 58.4. The standard InChI is InChI=1S/C54H63FN5O10P/c1-5-41-42-31-40(69-53(64)59-29-25-39(26-30-59)58-27-10-9-11-28-58)23-24-46(42)57-49-43(41)33-60-47(49)32-45-44(51(60)62)34-66-52(63)54(45,6-2)70-48(61)14-12-13-35-15-21-38(22-16-35)56-50(36-17-19-37(55)20-18-36)71(65,67-7-3)68-8-4/h15-24,31-32,39,50,56H,5-14,25-30,33-34H2,1-4H3. The van der Waals surface area contributed by atoms with E-state index in [4.69, 9.17) is 28.2 Å². The molecular formula is C54H63FN5O10P. The van der Waals surface area contributed by atoms with Gasteiger partial charge in [-0.3, -0.25) is 14.2 Å². The van der Waals surface area contributed by atoms with Crippen LogP contribution in [0, 0.1) is 5.82 Å². The summed E-state index contributed by atoms with van der Waals surface area (Å²) in [4.78, 5) is 64.7. The molecule has 2 fully saturated rings. The van der Waals surface area contributed by atoms with Gasteiger partial charge in [0, 0.05) is 47.8 Å². The van der Waals surface area contributed by atoms with Gasteiger partial charge in [-0.15, -0.1) is 0 Å². The second-order valence-electron chi connectivity index (χ2n) is 18.7. The maximum atomic E-state index is 14.4. The fourth-order valence-electron chi connectivity index (χ4n) is 10.8. The lowest BCUT2D eigenvalue weighted by Crippen LogP contribution is -2.48. The SMILES string of the molecule is CCOP(=O)(OCC)C(Nc1ccc(CCCC(=O)OC2(CC)C(=O)OCc3c2cc2n(c3=O)Cc3c-2nc2ccc(OC(=O)N4CCC(N5CCCCC5)CC4)cc2c3CC)cc1)c1ccc(F)cc1. The highest BCUT2D eigenvalue weighted by molar-refractivity contribution is 7.54. The van der Waals surface area contributed by atoms with Gasteiger partial charge in [-0.1, -0.05) is 44.5 Å². The van der Waals surface area contributed by atoms with Crippen LogP contribution in [0.5, 0.6) is 5.75 Å². The van der Waals surface area contributed by atoms with Crippen molar-refractivity contribution in [3.05, 3.63) is 122 Å². The number of ether oxygens (including phenoxy) is 3. The van der Waals surface area contributed by atoms with E-state index >= 15 is 0 Å². The Morgan fingerprint density at radius 3 is 2.30 bits per heavy atom. The molecule has 0 spiro atoms. The van der Waals surface area contributed by atoms with Gasteiger partial charge in [0.05, 0.1) is 42.2 Å². The number of piperidine rings is 2. The number of amides is 1. The number of esters is 2. The van der Waals surface area contributed by atoms with Crippen LogP contribution >= 0.6 is 7.60 Å². The molecule has 1 N–H and O–H groups in total. The van der Waals surface area contributed by atoms with Crippen molar-refractivity contribution in [3.63, 3.8) is 0 Å². The van der Waals surface area contributed by atoms with E-state index in [2.05, 4.69) is 10.2 Å². The van der Waals surface area contributed by atoms with Crippen molar-refractivity contribution in [1.29, 1.82) is 0 Å². The van der Waals surface area contributed by atoms with E-state index in [1.807, 2.05) is 43.3 Å². The van der Waals surface area contributed by atoms with Crippen LogP contribution in [0.25, 0.3) is 22.3 Å². The van der Waals surface area contributed by atoms with Crippen molar-refractivity contribution in [2.75, 3.05) is 44.7 Å². The van der Waals surface area contributed by atoms with Gasteiger partial charge in [-0.25, -0.2) is 19.0 Å². The Bertz CT molecular complexity index is 2890. The number of nitrogens with one attached hydrogen (secondary N) is 1. The number of likely N-dealkylation sites (tertiary alicyclic amines) is 2. The number of hydrogen-bond acceptors (Lipinski definition) is 13. The Balaban J connectivity index is 0.883. The molecule has 0 bridgehead atoms. The quantitative estimate of drug-likeness (QED) is 0.0678. The highest BCUT2D eigenvalue weighted by atomic mass is 31.2. The normalized spacial score (nSPS) is 18.6. The molecule has 376 valence electrons. The minimum Gasteiger partial charge on any atom is -0.457 e. The summed E-state index contributed by atoms with van der Waals surface area (Å²) in [5.41, 5.74) is 4.07. The molecule has 71 heavy (non-hydrogen) atoms. The Kier molecular flexibility index (Phi) is 15.1. The van der Waals surface area contributed by atoms with E-state index in [0.29, 0.717) is 77.9 Å². The van der Waals surface area contributed by atoms with Crippen LogP contribution in [0.4, 0.5) is 14.9 Å². The third-order valence-corrected chi connectivity index (χ3v) is 16.7. The van der Waals surface area contributed by atoms with Crippen LogP contribution < -0.4 is 15.6 Å². The molecule has 9 rings (SSSR count). The molecule has 3 aromatic carbocycles. The van der Waals surface area contributed by atoms with Crippen molar-refractivity contribution in [2.45, 2.75) is 122 Å². The second kappa shape index (κ2) is 21.4. The van der Waals surface area contributed by atoms with Crippen molar-refractivity contribution in [1.82, 2.24) is 19.4 Å². The predicted octanol–water partition coefficient (Wildman–Crippen LogP) is 10.2. The van der Waals surface area contributed by atoms with Crippen LogP contribution in [0.15, 0.2) is 77.6 Å². The number of benzene rings is 3. The van der Waals surface area contributed by atoms with Gasteiger partial charge in [0.25, 0.3) is 5.56 Å². The molecule has 2 atom stereocenters. The van der Waals surface area contributed by atoms with E-state index in [0.717, 1.165) is 48.0 Å². The van der Waals surface area contributed by atoms with Crippen molar-refractivity contribution in [2.24, 2.45) is 0 Å². The van der Waals surface area contributed by atoms with Crippen LogP contribution in [0.2, 0.25) is 0 Å². The Hall–Kier alpha value is -5.93. The average Bonchev–Trinajstić information content (AvgIpc) is 3.75. The van der Waals surface area contributed by atoms with Gasteiger partial charge < -0.3 is 42.9 Å². The topological polar surface area (TPSA) is 168 Å². The first-order valence-electron chi connectivity index (χ1n) is 25.2. The minimum absolute atomic E-state index is 0.0163. The number of nitrogens with zero attached hydrogens (tertiary/aromatic N) is 4. The monoisotopic (exact) mass is 991 g/mol. The van der Waals surface area contributed by atoms with E-state index in [-0.39, 0.29) is 56.4 Å². The first-order valence-corrected chi connectivity index (χ1v) is 26.8. The maximum absolute atomic E-state index is 14.4. The fraction of sp³-hybridized carbons (Fsp3) is 0.463. The maximum Gasteiger partial charge on any atom is 0.415 e. The molecular weight excluding hydrogens is 929 g/mol. The van der Waals surface area contributed by atoms with Crippen molar-refractivity contribution < 1.29 is 46.6 Å². The third kappa shape index (κ3) is 10.1. The van der Waals surface area contributed by atoms with Crippen molar-refractivity contribution in [3.8, 4) is 17.1 Å². The fourth-order valence-corrected chi connectivity index (χ4v) is 12.7. The van der Waals surface area contributed by atoms with E-state index < -0.39 is 36.7 Å². The Morgan fingerprint density at radius 1 is 0.901 bits per heavy atom. The molecule has 2 unspecified atom stereocenters.